The Morgan fingerprint density at radius 1 is 1.17 bits per heavy atom. The van der Waals surface area contributed by atoms with Gasteiger partial charge >= 0.3 is 5.97 Å². The number of hydrogen-bond donors (Lipinski definition) is 2. The van der Waals surface area contributed by atoms with E-state index in [2.05, 4.69) is 20.4 Å². The lowest BCUT2D eigenvalue weighted by atomic mass is 9.45. The Morgan fingerprint density at radius 3 is 2.55 bits per heavy atom. The molecule has 7 atom stereocenters. The second-order valence-electron chi connectivity index (χ2n) is 10.3. The molecular weight excluding hydrogens is 372 g/mol. The average molecular weight is 407 g/mol. The van der Waals surface area contributed by atoms with Gasteiger partial charge in [0, 0.05) is 5.41 Å². The molecule has 0 amide bonds. The first-order valence-electron chi connectivity index (χ1n) is 10.7. The molecule has 0 aromatic heterocycles. The molecular formula is C23H34O6. The molecule has 4 rings (SSSR count). The first-order valence-corrected chi connectivity index (χ1v) is 10.7. The van der Waals surface area contributed by atoms with Crippen molar-refractivity contribution in [1.82, 2.24) is 0 Å². The van der Waals surface area contributed by atoms with E-state index >= 15 is 0 Å². The van der Waals surface area contributed by atoms with Crippen LogP contribution >= 0.6 is 0 Å². The maximum absolute atomic E-state index is 11.9. The van der Waals surface area contributed by atoms with Crippen molar-refractivity contribution in [2.24, 2.45) is 22.7 Å². The molecule has 7 unspecified atom stereocenters. The Morgan fingerprint density at radius 2 is 1.90 bits per heavy atom. The van der Waals surface area contributed by atoms with E-state index in [0.29, 0.717) is 25.0 Å². The van der Waals surface area contributed by atoms with Gasteiger partial charge in [-0.2, -0.15) is 0 Å². The number of aliphatic hydroxyl groups is 2. The number of ether oxygens (including phenoxy) is 3. The van der Waals surface area contributed by atoms with E-state index in [4.69, 9.17) is 14.2 Å². The summed E-state index contributed by atoms with van der Waals surface area (Å²) in [6.45, 7) is 13.3. The van der Waals surface area contributed by atoms with Crippen molar-refractivity contribution in [2.75, 3.05) is 13.2 Å². The molecule has 6 heteroatoms. The van der Waals surface area contributed by atoms with Crippen LogP contribution in [0.2, 0.25) is 0 Å². The highest BCUT2D eigenvalue weighted by Crippen LogP contribution is 2.63. The Hall–Kier alpha value is -1.21. The predicted molar refractivity (Wildman–Crippen MR) is 107 cm³/mol. The number of cyclic esters (lactones) is 1. The lowest BCUT2D eigenvalue weighted by Crippen LogP contribution is -2.64. The molecule has 2 aliphatic heterocycles. The number of hydrogen-bond acceptors (Lipinski definition) is 6. The lowest BCUT2D eigenvalue weighted by Gasteiger charge is -2.64. The molecule has 162 valence electrons. The van der Waals surface area contributed by atoms with E-state index in [1.165, 1.54) is 0 Å². The molecule has 2 saturated carbocycles. The van der Waals surface area contributed by atoms with Gasteiger partial charge in [-0.05, 0) is 62.4 Å². The van der Waals surface area contributed by atoms with Crippen LogP contribution < -0.4 is 0 Å². The molecule has 29 heavy (non-hydrogen) atoms. The Bertz CT molecular complexity index is 742. The van der Waals surface area contributed by atoms with Crippen molar-refractivity contribution < 1.29 is 29.2 Å². The van der Waals surface area contributed by atoms with Gasteiger partial charge in [-0.1, -0.05) is 26.5 Å². The molecule has 0 bridgehead atoms. The van der Waals surface area contributed by atoms with Gasteiger partial charge in [0.05, 0.1) is 24.4 Å². The first kappa shape index (κ1) is 21.0. The Kier molecular flexibility index (Phi) is 5.01. The summed E-state index contributed by atoms with van der Waals surface area (Å²) in [6, 6.07) is 0. The smallest absolute Gasteiger partial charge is 0.336 e. The normalized spacial score (nSPS) is 48.2. The summed E-state index contributed by atoms with van der Waals surface area (Å²) in [7, 11) is 0. The van der Waals surface area contributed by atoms with Crippen LogP contribution in [0.3, 0.4) is 0 Å². The summed E-state index contributed by atoms with van der Waals surface area (Å²) < 4.78 is 17.3. The van der Waals surface area contributed by atoms with Crippen LogP contribution in [0.15, 0.2) is 23.8 Å². The molecule has 0 aromatic rings. The molecule has 0 aromatic carbocycles. The maximum Gasteiger partial charge on any atom is 0.336 e. The van der Waals surface area contributed by atoms with E-state index in [0.717, 1.165) is 18.4 Å². The summed E-state index contributed by atoms with van der Waals surface area (Å²) in [5.74, 6) is -0.822. The fourth-order valence-corrected chi connectivity index (χ4v) is 6.35. The third-order valence-electron chi connectivity index (χ3n) is 8.10. The summed E-state index contributed by atoms with van der Waals surface area (Å²) in [5.41, 5.74) is 0.854. The van der Waals surface area contributed by atoms with Gasteiger partial charge in [-0.15, -0.1) is 0 Å². The van der Waals surface area contributed by atoms with E-state index in [1.807, 2.05) is 13.8 Å². The molecule has 2 heterocycles. The van der Waals surface area contributed by atoms with E-state index in [1.54, 1.807) is 6.08 Å². The number of carbonyl (C=O) groups excluding carboxylic acids is 1. The number of allylic oxidation sites excluding steroid dienone is 1. The lowest BCUT2D eigenvalue weighted by molar-refractivity contribution is -0.345. The third-order valence-corrected chi connectivity index (χ3v) is 8.10. The zero-order chi connectivity index (χ0) is 21.2. The monoisotopic (exact) mass is 406 g/mol. The average Bonchev–Trinajstić information content (AvgIpc) is 2.96. The molecule has 4 aliphatic rings. The van der Waals surface area contributed by atoms with Gasteiger partial charge in [0.25, 0.3) is 0 Å². The van der Waals surface area contributed by atoms with E-state index < -0.39 is 24.0 Å². The number of rotatable bonds is 2. The fourth-order valence-electron chi connectivity index (χ4n) is 6.35. The standard InChI is InChI=1S/C23H34O6/c1-13-15(7-6-14-17(25)11-27-20(14)26)22(4)9-8-19-23(5,18(22)10-16(13)24)12-28-21(2,3)29-19/h6,15-19,24-25H,1,7-12H2,2-5H3. The number of aliphatic hydroxyl groups excluding tert-OH is 2. The maximum atomic E-state index is 11.9. The Labute approximate surface area is 172 Å². The highest BCUT2D eigenvalue weighted by molar-refractivity contribution is 5.91. The zero-order valence-corrected chi connectivity index (χ0v) is 17.9. The number of carbonyl (C=O) groups is 1. The van der Waals surface area contributed by atoms with Crippen molar-refractivity contribution in [1.29, 1.82) is 0 Å². The minimum Gasteiger partial charge on any atom is -0.459 e. The largest absolute Gasteiger partial charge is 0.459 e. The van der Waals surface area contributed by atoms with Crippen molar-refractivity contribution in [3.8, 4) is 0 Å². The highest BCUT2D eigenvalue weighted by Gasteiger charge is 2.62. The third kappa shape index (κ3) is 3.29. The number of esters is 1. The summed E-state index contributed by atoms with van der Waals surface area (Å²) in [4.78, 5) is 11.9. The molecule has 0 radical (unpaired) electrons. The summed E-state index contributed by atoms with van der Waals surface area (Å²) in [5, 5.41) is 20.9. The van der Waals surface area contributed by atoms with Crippen molar-refractivity contribution in [2.45, 2.75) is 77.5 Å². The molecule has 6 nitrogen and oxygen atoms in total. The fraction of sp³-hybridized carbons (Fsp3) is 0.783. The van der Waals surface area contributed by atoms with Gasteiger partial charge in [0.15, 0.2) is 5.79 Å². The second kappa shape index (κ2) is 6.91. The van der Waals surface area contributed by atoms with Crippen LogP contribution in [-0.2, 0) is 19.0 Å². The zero-order valence-electron chi connectivity index (χ0n) is 17.9. The van der Waals surface area contributed by atoms with Crippen molar-refractivity contribution in [3.63, 3.8) is 0 Å². The highest BCUT2D eigenvalue weighted by atomic mass is 16.7. The molecule has 4 fully saturated rings. The topological polar surface area (TPSA) is 85.2 Å². The van der Waals surface area contributed by atoms with Gasteiger partial charge in [-0.3, -0.25) is 0 Å². The second-order valence-corrected chi connectivity index (χ2v) is 10.3. The van der Waals surface area contributed by atoms with Gasteiger partial charge in [0.1, 0.15) is 12.7 Å². The Balaban J connectivity index is 1.65. The quantitative estimate of drug-likeness (QED) is 0.417. The molecule has 2 N–H and O–H groups in total. The van der Waals surface area contributed by atoms with Gasteiger partial charge < -0.3 is 24.4 Å². The van der Waals surface area contributed by atoms with E-state index in [-0.39, 0.29) is 35.4 Å². The van der Waals surface area contributed by atoms with Gasteiger partial charge in [0.2, 0.25) is 0 Å². The predicted octanol–water partition coefficient (Wildman–Crippen LogP) is 2.73. The van der Waals surface area contributed by atoms with Crippen LogP contribution in [0, 0.1) is 22.7 Å². The van der Waals surface area contributed by atoms with Crippen LogP contribution in [0.25, 0.3) is 0 Å². The van der Waals surface area contributed by atoms with Crippen LogP contribution in [0.5, 0.6) is 0 Å². The van der Waals surface area contributed by atoms with Crippen LogP contribution in [0.1, 0.15) is 53.4 Å². The van der Waals surface area contributed by atoms with Crippen LogP contribution in [0.4, 0.5) is 0 Å². The summed E-state index contributed by atoms with van der Waals surface area (Å²) >= 11 is 0. The van der Waals surface area contributed by atoms with E-state index in [9.17, 15) is 15.0 Å². The van der Waals surface area contributed by atoms with Gasteiger partial charge in [-0.25, -0.2) is 4.79 Å². The molecule has 2 saturated heterocycles. The van der Waals surface area contributed by atoms with Crippen molar-refractivity contribution in [3.05, 3.63) is 23.8 Å². The number of fused-ring (bicyclic) bond motifs is 3. The minimum atomic E-state index is -0.872. The summed E-state index contributed by atoms with van der Waals surface area (Å²) in [6.07, 6.45) is 3.50. The first-order chi connectivity index (χ1) is 13.5. The molecule has 2 aliphatic carbocycles. The van der Waals surface area contributed by atoms with Crippen molar-refractivity contribution >= 4 is 5.97 Å². The van der Waals surface area contributed by atoms with Crippen LogP contribution in [-0.4, -0.2) is 53.5 Å². The molecule has 0 spiro atoms. The SMILES string of the molecule is C=C1C(O)CC2C3(C)COC(C)(C)OC3CCC2(C)C1CC=C1C(=O)OCC1O. The minimum absolute atomic E-state index is 0.0112.